The number of piperazine rings is 1. The average molecular weight is 498 g/mol. The number of carbonyl (C=O) groups excluding carboxylic acids is 1. The van der Waals surface area contributed by atoms with Gasteiger partial charge >= 0.3 is 0 Å². The summed E-state index contributed by atoms with van der Waals surface area (Å²) in [4.78, 5) is 20.2. The van der Waals surface area contributed by atoms with Crippen LogP contribution < -0.4 is 9.64 Å². The van der Waals surface area contributed by atoms with Gasteiger partial charge < -0.3 is 19.6 Å². The van der Waals surface area contributed by atoms with Crippen molar-refractivity contribution in [2.24, 2.45) is 0 Å². The Morgan fingerprint density at radius 3 is 2.63 bits per heavy atom. The van der Waals surface area contributed by atoms with Crippen molar-refractivity contribution >= 4 is 34.1 Å². The van der Waals surface area contributed by atoms with Crippen LogP contribution in [0.3, 0.4) is 0 Å². The number of amides is 1. The van der Waals surface area contributed by atoms with Gasteiger partial charge in [0.05, 0.1) is 16.3 Å². The predicted octanol–water partition coefficient (Wildman–Crippen LogP) is 4.86. The summed E-state index contributed by atoms with van der Waals surface area (Å²) in [6, 6.07) is 5.26. The zero-order chi connectivity index (χ0) is 24.9. The van der Waals surface area contributed by atoms with Crippen LogP contribution in [0.15, 0.2) is 49.1 Å². The number of ether oxygens (including phenoxy) is 1. The summed E-state index contributed by atoms with van der Waals surface area (Å²) in [6.07, 6.45) is 1.78. The number of nitrogens with zero attached hydrogens (tertiary/aromatic N) is 3. The summed E-state index contributed by atoms with van der Waals surface area (Å²) >= 11 is 6.52. The lowest BCUT2D eigenvalue weighted by molar-refractivity contribution is -0.126. The molecule has 5 rings (SSSR count). The van der Waals surface area contributed by atoms with Crippen molar-refractivity contribution in [3.63, 3.8) is 0 Å². The van der Waals surface area contributed by atoms with E-state index in [1.807, 2.05) is 4.90 Å². The van der Waals surface area contributed by atoms with E-state index < -0.39 is 17.4 Å². The minimum atomic E-state index is -0.856. The highest BCUT2D eigenvalue weighted by Gasteiger charge is 2.31. The number of halogens is 3. The first kappa shape index (κ1) is 23.1. The minimum Gasteiger partial charge on any atom is -0.507 e. The number of anilines is 1. The molecular weight excluding hydrogens is 476 g/mol. The predicted molar refractivity (Wildman–Crippen MR) is 131 cm³/mol. The number of pyridine rings is 1. The van der Waals surface area contributed by atoms with Gasteiger partial charge in [-0.25, -0.2) is 13.8 Å². The third-order valence-corrected chi connectivity index (χ3v) is 6.67. The Balaban J connectivity index is 1.72. The average Bonchev–Trinajstić information content (AvgIpc) is 2.84. The Morgan fingerprint density at radius 1 is 1.20 bits per heavy atom. The lowest BCUT2D eigenvalue weighted by atomic mass is 9.96. The van der Waals surface area contributed by atoms with Gasteiger partial charge in [-0.2, -0.15) is 0 Å². The first-order valence-electron chi connectivity index (χ1n) is 11.1. The van der Waals surface area contributed by atoms with Crippen molar-refractivity contribution in [2.75, 3.05) is 37.7 Å². The Hall–Kier alpha value is -3.65. The lowest BCUT2D eigenvalue weighted by Crippen LogP contribution is -2.48. The molecule has 0 atom stereocenters. The number of hydrogen-bond donors (Lipinski definition) is 1. The maximum absolute atomic E-state index is 16.0. The Kier molecular flexibility index (Phi) is 5.84. The molecule has 1 saturated heterocycles. The van der Waals surface area contributed by atoms with Crippen molar-refractivity contribution in [1.29, 1.82) is 0 Å². The number of phenols is 1. The summed E-state index contributed by atoms with van der Waals surface area (Å²) in [5, 5.41) is 10.6. The molecule has 1 amide bonds. The van der Waals surface area contributed by atoms with Crippen LogP contribution in [-0.4, -0.2) is 53.7 Å². The molecule has 1 fully saturated rings. The van der Waals surface area contributed by atoms with Gasteiger partial charge in [0.2, 0.25) is 11.8 Å². The number of rotatable bonds is 3. The lowest BCUT2D eigenvalue weighted by Gasteiger charge is -2.38. The second-order valence-corrected chi connectivity index (χ2v) is 8.96. The normalized spacial score (nSPS) is 15.7. The molecule has 1 aromatic heterocycles. The molecule has 2 aliphatic rings. The quantitative estimate of drug-likeness (QED) is 0.413. The number of aromatic hydroxyl groups is 1. The maximum Gasteiger partial charge on any atom is 0.246 e. The fourth-order valence-electron chi connectivity index (χ4n) is 4.71. The van der Waals surface area contributed by atoms with Crippen molar-refractivity contribution < 1.29 is 23.4 Å². The standard InChI is InChI=1S/C26H22ClF2N3O3/c1-3-20(34)31-7-9-32(10-8-31)25-15-12-17(27)21(22-18(28)5-4-6-19(22)33)23(29)24(15)30-26-16(25)11-14(2)13-35-26/h3-6,12,33H,1-2,7-11,13H2. The van der Waals surface area contributed by atoms with E-state index in [0.29, 0.717) is 43.7 Å². The largest absolute Gasteiger partial charge is 0.507 e. The molecule has 1 N–H and O–H groups in total. The van der Waals surface area contributed by atoms with Gasteiger partial charge in [-0.15, -0.1) is 0 Å². The molecule has 6 nitrogen and oxygen atoms in total. The molecule has 180 valence electrons. The smallest absolute Gasteiger partial charge is 0.246 e. The Labute approximate surface area is 205 Å². The van der Waals surface area contributed by atoms with Crippen LogP contribution in [0.25, 0.3) is 22.0 Å². The van der Waals surface area contributed by atoms with Crippen molar-refractivity contribution in [3.05, 3.63) is 71.3 Å². The monoisotopic (exact) mass is 497 g/mol. The van der Waals surface area contributed by atoms with Crippen LogP contribution >= 0.6 is 11.6 Å². The highest BCUT2D eigenvalue weighted by atomic mass is 35.5. The molecule has 2 aliphatic heterocycles. The fraction of sp³-hybridized carbons (Fsp3) is 0.231. The highest BCUT2D eigenvalue weighted by Crippen LogP contribution is 2.46. The van der Waals surface area contributed by atoms with Gasteiger partial charge in [-0.1, -0.05) is 30.8 Å². The highest BCUT2D eigenvalue weighted by molar-refractivity contribution is 6.34. The summed E-state index contributed by atoms with van der Waals surface area (Å²) in [7, 11) is 0. The van der Waals surface area contributed by atoms with Gasteiger partial charge in [-0.3, -0.25) is 4.79 Å². The Bertz CT molecular complexity index is 1380. The van der Waals surface area contributed by atoms with E-state index in [1.54, 1.807) is 11.0 Å². The summed E-state index contributed by atoms with van der Waals surface area (Å²) in [5.41, 5.74) is 1.66. The van der Waals surface area contributed by atoms with Crippen LogP contribution in [-0.2, 0) is 11.2 Å². The zero-order valence-electron chi connectivity index (χ0n) is 18.8. The van der Waals surface area contributed by atoms with Crippen molar-refractivity contribution in [3.8, 4) is 22.8 Å². The third kappa shape index (κ3) is 3.87. The van der Waals surface area contributed by atoms with Gasteiger partial charge in [0.15, 0.2) is 5.82 Å². The molecule has 0 radical (unpaired) electrons. The fourth-order valence-corrected chi connectivity index (χ4v) is 5.00. The van der Waals surface area contributed by atoms with Crippen LogP contribution in [0.2, 0.25) is 5.02 Å². The topological polar surface area (TPSA) is 65.9 Å². The molecular formula is C26H22ClF2N3O3. The molecule has 2 aromatic carbocycles. The number of hydrogen-bond acceptors (Lipinski definition) is 5. The summed E-state index contributed by atoms with van der Waals surface area (Å²) in [6.45, 7) is 9.73. The van der Waals surface area contributed by atoms with Gasteiger partial charge in [-0.05, 0) is 29.8 Å². The Morgan fingerprint density at radius 2 is 1.94 bits per heavy atom. The molecule has 3 aromatic rings. The molecule has 35 heavy (non-hydrogen) atoms. The number of benzene rings is 2. The van der Waals surface area contributed by atoms with E-state index in [4.69, 9.17) is 16.3 Å². The van der Waals surface area contributed by atoms with Crippen molar-refractivity contribution in [1.82, 2.24) is 9.88 Å². The summed E-state index contributed by atoms with van der Waals surface area (Å²) < 4.78 is 36.4. The van der Waals surface area contributed by atoms with Crippen LogP contribution in [0, 0.1) is 11.6 Å². The van der Waals surface area contributed by atoms with Gasteiger partial charge in [0.1, 0.15) is 23.7 Å². The molecule has 0 bridgehead atoms. The third-order valence-electron chi connectivity index (χ3n) is 6.37. The molecule has 0 aliphatic carbocycles. The van der Waals surface area contributed by atoms with Crippen LogP contribution in [0.1, 0.15) is 5.56 Å². The van der Waals surface area contributed by atoms with E-state index in [9.17, 15) is 14.3 Å². The van der Waals surface area contributed by atoms with E-state index in [0.717, 1.165) is 17.2 Å². The van der Waals surface area contributed by atoms with Crippen molar-refractivity contribution in [2.45, 2.75) is 6.42 Å². The number of carbonyl (C=O) groups is 1. The number of aromatic nitrogens is 1. The van der Waals surface area contributed by atoms with E-state index in [-0.39, 0.29) is 40.1 Å². The summed E-state index contributed by atoms with van der Waals surface area (Å²) in [5.74, 6) is -1.97. The number of fused-ring (bicyclic) bond motifs is 2. The first-order chi connectivity index (χ1) is 16.8. The molecule has 0 saturated carbocycles. The SMILES string of the molecule is C=CC(=O)N1CCN(c2c3c(nc4c(F)c(-c5c(O)cccc5F)c(Cl)cc24)OCC(=C)C3)CC1. The van der Waals surface area contributed by atoms with Crippen LogP contribution in [0.4, 0.5) is 14.5 Å². The minimum absolute atomic E-state index is 0.0436. The first-order valence-corrected chi connectivity index (χ1v) is 11.5. The maximum atomic E-state index is 16.0. The van der Waals surface area contributed by atoms with E-state index >= 15 is 4.39 Å². The van der Waals surface area contributed by atoms with Gasteiger partial charge in [0.25, 0.3) is 0 Å². The zero-order valence-corrected chi connectivity index (χ0v) is 19.5. The van der Waals surface area contributed by atoms with E-state index in [1.165, 1.54) is 18.2 Å². The second-order valence-electron chi connectivity index (χ2n) is 8.55. The van der Waals surface area contributed by atoms with Crippen LogP contribution in [0.5, 0.6) is 11.6 Å². The molecule has 0 unspecified atom stereocenters. The number of phenolic OH excluding ortho intramolecular Hbond substituents is 1. The molecule has 0 spiro atoms. The molecule has 9 heteroatoms. The van der Waals surface area contributed by atoms with E-state index in [2.05, 4.69) is 18.1 Å². The molecule has 3 heterocycles. The van der Waals surface area contributed by atoms with Gasteiger partial charge in [0, 0.05) is 49.1 Å². The second kappa shape index (κ2) is 8.85.